The topological polar surface area (TPSA) is 52.9 Å². The Morgan fingerprint density at radius 1 is 1.17 bits per heavy atom. The summed E-state index contributed by atoms with van der Waals surface area (Å²) < 4.78 is 5.97. The van der Waals surface area contributed by atoms with E-state index < -0.39 is 0 Å². The van der Waals surface area contributed by atoms with Crippen LogP contribution in [0.1, 0.15) is 61.1 Å². The van der Waals surface area contributed by atoms with Crippen molar-refractivity contribution in [3.63, 3.8) is 0 Å². The van der Waals surface area contributed by atoms with Crippen LogP contribution in [0, 0.1) is 29.6 Å². The number of ether oxygens (including phenoxy) is 1. The van der Waals surface area contributed by atoms with Crippen molar-refractivity contribution in [2.45, 2.75) is 57.0 Å². The van der Waals surface area contributed by atoms with Gasteiger partial charge in [0.15, 0.2) is 0 Å². The molecule has 0 bridgehead atoms. The van der Waals surface area contributed by atoms with Crippen molar-refractivity contribution in [1.29, 1.82) is 0 Å². The van der Waals surface area contributed by atoms with E-state index in [4.69, 9.17) is 22.8 Å². The second kappa shape index (κ2) is 9.69. The molecule has 4 nitrogen and oxygen atoms in total. The summed E-state index contributed by atoms with van der Waals surface area (Å²) in [6.45, 7) is 4.29. The summed E-state index contributed by atoms with van der Waals surface area (Å²) in [5.74, 6) is 5.32. The zero-order valence-electron chi connectivity index (χ0n) is 20.7. The van der Waals surface area contributed by atoms with E-state index in [1.165, 1.54) is 11.1 Å². The van der Waals surface area contributed by atoms with Gasteiger partial charge in [-0.1, -0.05) is 42.6 Å². The van der Waals surface area contributed by atoms with Crippen LogP contribution < -0.4 is 4.74 Å². The fourth-order valence-corrected chi connectivity index (χ4v) is 7.67. The van der Waals surface area contributed by atoms with Crippen molar-refractivity contribution in [3.8, 4) is 23.8 Å². The molecule has 5 rings (SSSR count). The molecular formula is C30H36ClNO3. The number of aromatic hydroxyl groups is 1. The number of terminal acetylenes is 1. The monoisotopic (exact) mass is 493 g/mol. The van der Waals surface area contributed by atoms with E-state index in [-0.39, 0.29) is 23.2 Å². The molecule has 0 unspecified atom stereocenters. The summed E-state index contributed by atoms with van der Waals surface area (Å²) in [4.78, 5) is 2.06. The van der Waals surface area contributed by atoms with Gasteiger partial charge in [-0.25, -0.2) is 0 Å². The first-order valence-corrected chi connectivity index (χ1v) is 13.2. The van der Waals surface area contributed by atoms with E-state index in [9.17, 15) is 10.2 Å². The third-order valence-corrected chi connectivity index (χ3v) is 9.61. The maximum absolute atomic E-state index is 11.0. The smallest absolute Gasteiger partial charge is 0.134 e. The molecule has 0 aromatic heterocycles. The molecule has 2 aromatic rings. The maximum Gasteiger partial charge on any atom is 0.134 e. The molecule has 2 aromatic carbocycles. The quantitative estimate of drug-likeness (QED) is 0.514. The van der Waals surface area contributed by atoms with Crippen molar-refractivity contribution < 1.29 is 14.9 Å². The Hall–Kier alpha value is -2.19. The molecule has 2 N–H and O–H groups in total. The lowest BCUT2D eigenvalue weighted by atomic mass is 9.51. The molecule has 0 radical (unpaired) electrons. The van der Waals surface area contributed by atoms with Crippen LogP contribution in [0.25, 0.3) is 0 Å². The number of halogens is 1. The highest BCUT2D eigenvalue weighted by Crippen LogP contribution is 2.65. The van der Waals surface area contributed by atoms with Crippen LogP contribution >= 0.6 is 11.6 Å². The summed E-state index contributed by atoms with van der Waals surface area (Å²) in [7, 11) is 1.99. The predicted octanol–water partition coefficient (Wildman–Crippen LogP) is 5.60. The van der Waals surface area contributed by atoms with E-state index in [0.29, 0.717) is 35.9 Å². The Kier molecular flexibility index (Phi) is 6.79. The summed E-state index contributed by atoms with van der Waals surface area (Å²) >= 11 is 6.59. The van der Waals surface area contributed by atoms with Gasteiger partial charge in [0.1, 0.15) is 18.1 Å². The van der Waals surface area contributed by atoms with Crippen LogP contribution in [0.3, 0.4) is 0 Å². The van der Waals surface area contributed by atoms with Crippen molar-refractivity contribution in [2.75, 3.05) is 26.7 Å². The minimum Gasteiger partial charge on any atom is -0.506 e. The molecule has 0 amide bonds. The van der Waals surface area contributed by atoms with E-state index >= 15 is 0 Å². The Morgan fingerprint density at radius 3 is 2.69 bits per heavy atom. The molecular weight excluding hydrogens is 458 g/mol. The van der Waals surface area contributed by atoms with Crippen molar-refractivity contribution >= 4 is 11.6 Å². The highest BCUT2D eigenvalue weighted by Gasteiger charge is 2.57. The normalized spacial score (nSPS) is 31.4. The zero-order chi connectivity index (χ0) is 24.7. The lowest BCUT2D eigenvalue weighted by molar-refractivity contribution is -0.0322. The van der Waals surface area contributed by atoms with Crippen molar-refractivity contribution in [1.82, 2.24) is 4.90 Å². The van der Waals surface area contributed by atoms with Gasteiger partial charge in [0.25, 0.3) is 0 Å². The maximum atomic E-state index is 11.0. The van der Waals surface area contributed by atoms with Crippen molar-refractivity contribution in [3.05, 3.63) is 58.1 Å². The van der Waals surface area contributed by atoms with Crippen LogP contribution in [-0.2, 0) is 6.42 Å². The highest BCUT2D eigenvalue weighted by atomic mass is 35.5. The summed E-state index contributed by atoms with van der Waals surface area (Å²) in [5, 5.41) is 21.8. The lowest BCUT2D eigenvalue weighted by Crippen LogP contribution is -2.47. The van der Waals surface area contributed by atoms with Gasteiger partial charge in [-0.3, -0.25) is 4.90 Å². The lowest BCUT2D eigenvalue weighted by Gasteiger charge is -2.54. The average molecular weight is 494 g/mol. The highest BCUT2D eigenvalue weighted by molar-refractivity contribution is 6.32. The van der Waals surface area contributed by atoms with Crippen LogP contribution in [0.2, 0.25) is 5.02 Å². The van der Waals surface area contributed by atoms with Crippen LogP contribution in [0.5, 0.6) is 11.5 Å². The fourth-order valence-electron chi connectivity index (χ4n) is 7.40. The van der Waals surface area contributed by atoms with Crippen LogP contribution in [0.4, 0.5) is 0 Å². The molecule has 0 aliphatic heterocycles. The van der Waals surface area contributed by atoms with Gasteiger partial charge in [-0.15, -0.1) is 6.42 Å². The summed E-state index contributed by atoms with van der Waals surface area (Å²) in [6.07, 6.45) is 10.0. The predicted molar refractivity (Wildman–Crippen MR) is 140 cm³/mol. The summed E-state index contributed by atoms with van der Waals surface area (Å²) in [5.41, 5.74) is 3.61. The van der Waals surface area contributed by atoms with Crippen LogP contribution in [-0.4, -0.2) is 48.0 Å². The first kappa shape index (κ1) is 24.5. The average Bonchev–Trinajstić information content (AvgIpc) is 3.15. The third-order valence-electron chi connectivity index (χ3n) is 9.19. The van der Waals surface area contributed by atoms with Gasteiger partial charge in [-0.2, -0.15) is 0 Å². The first-order valence-electron chi connectivity index (χ1n) is 12.9. The SMILES string of the molecule is C#CCN(C)CCOc1ccc([C@H]2C[C@]3(C)[C@@H](O)CC[C@H]3[C@@H]3CCc4c(ccc(O)c4Cl)[C@H]32)cc1. The Morgan fingerprint density at radius 2 is 1.94 bits per heavy atom. The number of nitrogens with zero attached hydrogens (tertiary/aromatic N) is 1. The Bertz CT molecular complexity index is 1110. The van der Waals surface area contributed by atoms with E-state index in [1.807, 2.05) is 7.05 Å². The van der Waals surface area contributed by atoms with Gasteiger partial charge in [0.05, 0.1) is 17.7 Å². The van der Waals surface area contributed by atoms with Gasteiger partial charge in [-0.05, 0) is 103 Å². The molecule has 0 saturated heterocycles. The van der Waals surface area contributed by atoms with Gasteiger partial charge < -0.3 is 14.9 Å². The third kappa shape index (κ3) is 4.33. The first-order chi connectivity index (χ1) is 16.8. The molecule has 3 aliphatic carbocycles. The van der Waals surface area contributed by atoms with E-state index in [1.54, 1.807) is 6.07 Å². The number of phenols is 1. The van der Waals surface area contributed by atoms with Gasteiger partial charge >= 0.3 is 0 Å². The van der Waals surface area contributed by atoms with Gasteiger partial charge in [0.2, 0.25) is 0 Å². The number of fused-ring (bicyclic) bond motifs is 5. The molecule has 35 heavy (non-hydrogen) atoms. The molecule has 3 aliphatic rings. The fraction of sp³-hybridized carbons (Fsp3) is 0.533. The number of benzene rings is 2. The number of aliphatic hydroxyl groups is 1. The van der Waals surface area contributed by atoms with Crippen molar-refractivity contribution in [2.24, 2.45) is 17.3 Å². The summed E-state index contributed by atoms with van der Waals surface area (Å²) in [6, 6.07) is 12.4. The largest absolute Gasteiger partial charge is 0.506 e. The number of phenolic OH excluding ortho intramolecular Hbond substituents is 1. The van der Waals surface area contributed by atoms with Crippen LogP contribution in [0.15, 0.2) is 36.4 Å². The number of rotatable bonds is 6. The van der Waals surface area contributed by atoms with E-state index in [2.05, 4.69) is 48.1 Å². The van der Waals surface area contributed by atoms with E-state index in [0.717, 1.165) is 50.0 Å². The number of hydrogen-bond acceptors (Lipinski definition) is 4. The second-order valence-electron chi connectivity index (χ2n) is 11.1. The molecule has 0 spiro atoms. The molecule has 2 fully saturated rings. The standard InChI is InChI=1S/C30H36ClNO3/c1-4-15-32(3)16-17-35-20-7-5-19(6-8-20)24-18-30(2)25(12-14-27(30)34)23-10-9-22-21(28(23)24)11-13-26(33)29(22)31/h1,5-8,11,13,23-25,27-28,33-34H,9-10,12,14-18H2,2-3H3/t23-,24+,25-,27-,28+,30-/m0/s1. The molecule has 0 heterocycles. The number of hydrogen-bond donors (Lipinski definition) is 2. The molecule has 186 valence electrons. The second-order valence-corrected chi connectivity index (χ2v) is 11.4. The Balaban J connectivity index is 1.44. The number of likely N-dealkylation sites (N-methyl/N-ethyl adjacent to an activating group) is 1. The number of aliphatic hydroxyl groups excluding tert-OH is 1. The zero-order valence-corrected chi connectivity index (χ0v) is 21.5. The molecule has 6 atom stereocenters. The minimum absolute atomic E-state index is 0.0686. The minimum atomic E-state index is -0.247. The molecule has 2 saturated carbocycles. The Labute approximate surface area is 214 Å². The van der Waals surface area contributed by atoms with Gasteiger partial charge in [0, 0.05) is 6.54 Å². The molecule has 5 heteroatoms.